The van der Waals surface area contributed by atoms with Crippen molar-refractivity contribution in [1.82, 2.24) is 5.32 Å². The Balaban J connectivity index is 2.07. The van der Waals surface area contributed by atoms with Crippen LogP contribution in [0.3, 0.4) is 0 Å². The van der Waals surface area contributed by atoms with Gasteiger partial charge < -0.3 is 10.2 Å². The minimum Gasteiger partial charge on any atom is -0.314 e. The van der Waals surface area contributed by atoms with E-state index < -0.39 is 11.7 Å². The minimum atomic E-state index is -0.419. The van der Waals surface area contributed by atoms with E-state index in [1.807, 2.05) is 12.1 Å². The highest BCUT2D eigenvalue weighted by atomic mass is 79.9. The van der Waals surface area contributed by atoms with Gasteiger partial charge in [-0.3, -0.25) is 9.59 Å². The van der Waals surface area contributed by atoms with Crippen LogP contribution >= 0.6 is 15.9 Å². The van der Waals surface area contributed by atoms with Gasteiger partial charge in [0.15, 0.2) is 0 Å². The van der Waals surface area contributed by atoms with Crippen LogP contribution in [-0.4, -0.2) is 30.8 Å². The number of anilines is 1. The molecule has 19 heavy (non-hydrogen) atoms. The highest BCUT2D eigenvalue weighted by Crippen LogP contribution is 2.31. The van der Waals surface area contributed by atoms with Gasteiger partial charge in [-0.15, -0.1) is 0 Å². The van der Waals surface area contributed by atoms with E-state index in [2.05, 4.69) is 35.1 Å². The van der Waals surface area contributed by atoms with Crippen LogP contribution in [0, 0.1) is 0 Å². The van der Waals surface area contributed by atoms with Crippen LogP contribution in [-0.2, 0) is 4.79 Å². The van der Waals surface area contributed by atoms with Crippen LogP contribution in [0.15, 0.2) is 22.7 Å². The summed E-state index contributed by atoms with van der Waals surface area (Å²) in [4.78, 5) is 25.4. The summed E-state index contributed by atoms with van der Waals surface area (Å²) in [7, 11) is 0. The molecule has 2 rings (SSSR count). The molecule has 0 radical (unpaired) electrons. The topological polar surface area (TPSA) is 49.4 Å². The quantitative estimate of drug-likeness (QED) is 0.668. The lowest BCUT2D eigenvalue weighted by atomic mass is 10.1. The molecular weight excluding hydrogens is 308 g/mol. The number of hydrogen-bond donors (Lipinski definition) is 1. The maximum atomic E-state index is 11.9. The number of ketones is 1. The van der Waals surface area contributed by atoms with Crippen molar-refractivity contribution in [3.05, 3.63) is 28.2 Å². The highest BCUT2D eigenvalue weighted by Gasteiger charge is 2.35. The zero-order chi connectivity index (χ0) is 14.0. The number of benzene rings is 1. The van der Waals surface area contributed by atoms with Crippen LogP contribution in [0.2, 0.25) is 0 Å². The van der Waals surface area contributed by atoms with Crippen LogP contribution in [0.25, 0.3) is 0 Å². The summed E-state index contributed by atoms with van der Waals surface area (Å²) >= 11 is 3.32. The average molecular weight is 325 g/mol. The SMILES string of the molecule is CC(C)NCCCN1C(=O)C(=O)c2cc(Br)ccc21. The zero-order valence-corrected chi connectivity index (χ0v) is 12.7. The molecule has 0 bridgehead atoms. The summed E-state index contributed by atoms with van der Waals surface area (Å²) in [5.41, 5.74) is 1.22. The van der Waals surface area contributed by atoms with Crippen LogP contribution in [0.1, 0.15) is 30.6 Å². The predicted octanol–water partition coefficient (Wildman–Crippen LogP) is 2.37. The number of fused-ring (bicyclic) bond motifs is 1. The number of hydrogen-bond acceptors (Lipinski definition) is 3. The first-order chi connectivity index (χ1) is 9.00. The third kappa shape index (κ3) is 3.04. The molecule has 1 aliphatic rings. The van der Waals surface area contributed by atoms with Gasteiger partial charge in [0.1, 0.15) is 0 Å². The molecule has 1 aliphatic heterocycles. The van der Waals surface area contributed by atoms with Gasteiger partial charge in [-0.2, -0.15) is 0 Å². The summed E-state index contributed by atoms with van der Waals surface area (Å²) < 4.78 is 0.815. The van der Waals surface area contributed by atoms with Gasteiger partial charge in [-0.25, -0.2) is 0 Å². The van der Waals surface area contributed by atoms with E-state index in [0.29, 0.717) is 18.2 Å². The summed E-state index contributed by atoms with van der Waals surface area (Å²) in [6.07, 6.45) is 0.826. The lowest BCUT2D eigenvalue weighted by Crippen LogP contribution is -2.33. The second-order valence-electron chi connectivity index (χ2n) is 4.91. The first-order valence-corrected chi connectivity index (χ1v) is 7.19. The van der Waals surface area contributed by atoms with E-state index in [0.717, 1.165) is 23.1 Å². The molecule has 1 heterocycles. The fourth-order valence-corrected chi connectivity index (χ4v) is 2.48. The molecule has 4 nitrogen and oxygen atoms in total. The van der Waals surface area contributed by atoms with E-state index in [1.165, 1.54) is 0 Å². The van der Waals surface area contributed by atoms with Crippen molar-refractivity contribution in [2.24, 2.45) is 0 Å². The van der Waals surface area contributed by atoms with Gasteiger partial charge in [0, 0.05) is 17.1 Å². The largest absolute Gasteiger partial charge is 0.314 e. The number of carbonyl (C=O) groups excluding carboxylic acids is 2. The number of halogens is 1. The third-order valence-corrected chi connectivity index (χ3v) is 3.54. The van der Waals surface area contributed by atoms with Crippen LogP contribution in [0.5, 0.6) is 0 Å². The minimum absolute atomic E-state index is 0.409. The molecule has 1 N–H and O–H groups in total. The highest BCUT2D eigenvalue weighted by molar-refractivity contribution is 9.10. The lowest BCUT2D eigenvalue weighted by Gasteiger charge is -2.17. The number of nitrogens with zero attached hydrogens (tertiary/aromatic N) is 1. The normalized spacial score (nSPS) is 14.4. The van der Waals surface area contributed by atoms with E-state index in [4.69, 9.17) is 0 Å². The Morgan fingerprint density at radius 2 is 2.05 bits per heavy atom. The maximum absolute atomic E-state index is 11.9. The summed E-state index contributed by atoms with van der Waals surface area (Å²) in [5, 5.41) is 3.30. The number of nitrogens with one attached hydrogen (secondary N) is 1. The van der Waals surface area contributed by atoms with Crippen molar-refractivity contribution < 1.29 is 9.59 Å². The smallest absolute Gasteiger partial charge is 0.299 e. The lowest BCUT2D eigenvalue weighted by molar-refractivity contribution is -0.114. The molecule has 102 valence electrons. The molecule has 1 amide bonds. The first-order valence-electron chi connectivity index (χ1n) is 6.40. The molecule has 0 fully saturated rings. The fraction of sp³-hybridized carbons (Fsp3) is 0.429. The van der Waals surface area contributed by atoms with Crippen LogP contribution < -0.4 is 10.2 Å². The number of rotatable bonds is 5. The van der Waals surface area contributed by atoms with Crippen molar-refractivity contribution >= 4 is 33.3 Å². The van der Waals surface area contributed by atoms with Gasteiger partial charge in [-0.1, -0.05) is 29.8 Å². The molecule has 1 aromatic carbocycles. The van der Waals surface area contributed by atoms with E-state index in [-0.39, 0.29) is 0 Å². The molecule has 0 aliphatic carbocycles. The van der Waals surface area contributed by atoms with Crippen molar-refractivity contribution in [2.45, 2.75) is 26.3 Å². The Hall–Kier alpha value is -1.20. The zero-order valence-electron chi connectivity index (χ0n) is 11.1. The Bertz CT molecular complexity index is 514. The van der Waals surface area contributed by atoms with Crippen molar-refractivity contribution in [1.29, 1.82) is 0 Å². The molecule has 0 saturated carbocycles. The monoisotopic (exact) mass is 324 g/mol. The van der Waals surface area contributed by atoms with E-state index >= 15 is 0 Å². The molecule has 0 spiro atoms. The Kier molecular flexibility index (Phi) is 4.37. The molecule has 0 saturated heterocycles. The van der Waals surface area contributed by atoms with Gasteiger partial charge in [0.05, 0.1) is 11.3 Å². The van der Waals surface area contributed by atoms with Crippen LogP contribution in [0.4, 0.5) is 5.69 Å². The summed E-state index contributed by atoms with van der Waals surface area (Å²) in [6, 6.07) is 5.81. The summed E-state index contributed by atoms with van der Waals surface area (Å²) in [5.74, 6) is -0.828. The Morgan fingerprint density at radius 3 is 2.74 bits per heavy atom. The second kappa shape index (κ2) is 5.84. The molecule has 0 unspecified atom stereocenters. The molecule has 1 aromatic rings. The predicted molar refractivity (Wildman–Crippen MR) is 78.6 cm³/mol. The molecular formula is C14H17BrN2O2. The number of amides is 1. The number of Topliss-reactive ketones (excluding diaryl/α,β-unsaturated/α-hetero) is 1. The Morgan fingerprint density at radius 1 is 1.32 bits per heavy atom. The molecule has 0 atom stereocenters. The second-order valence-corrected chi connectivity index (χ2v) is 5.83. The van der Waals surface area contributed by atoms with Gasteiger partial charge in [-0.05, 0) is 31.2 Å². The van der Waals surface area contributed by atoms with Gasteiger partial charge in [0.25, 0.3) is 11.7 Å². The molecule has 5 heteroatoms. The molecule has 0 aromatic heterocycles. The Labute approximate surface area is 121 Å². The van der Waals surface area contributed by atoms with E-state index in [1.54, 1.807) is 11.0 Å². The van der Waals surface area contributed by atoms with Crippen molar-refractivity contribution in [3.8, 4) is 0 Å². The summed E-state index contributed by atoms with van der Waals surface area (Å²) in [6.45, 7) is 5.56. The average Bonchev–Trinajstić information content (AvgIpc) is 2.59. The first kappa shape index (κ1) is 14.2. The maximum Gasteiger partial charge on any atom is 0.299 e. The van der Waals surface area contributed by atoms with E-state index in [9.17, 15) is 9.59 Å². The van der Waals surface area contributed by atoms with Crippen molar-refractivity contribution in [3.63, 3.8) is 0 Å². The number of carbonyl (C=O) groups is 2. The van der Waals surface area contributed by atoms with Gasteiger partial charge >= 0.3 is 0 Å². The third-order valence-electron chi connectivity index (χ3n) is 3.04. The standard InChI is InChI=1S/C14H17BrN2O2/c1-9(2)16-6-3-7-17-12-5-4-10(15)8-11(12)13(18)14(17)19/h4-5,8-9,16H,3,6-7H2,1-2H3. The van der Waals surface area contributed by atoms with Crippen molar-refractivity contribution in [2.75, 3.05) is 18.0 Å². The fourth-order valence-electron chi connectivity index (χ4n) is 2.12. The van der Waals surface area contributed by atoms with Gasteiger partial charge in [0.2, 0.25) is 0 Å².